The number of hydrogen-bond donors (Lipinski definition) is 1. The second-order valence-electron chi connectivity index (χ2n) is 6.87. The van der Waals surface area contributed by atoms with Crippen molar-refractivity contribution < 1.29 is 9.21 Å². The van der Waals surface area contributed by atoms with Crippen molar-refractivity contribution in [2.45, 2.75) is 19.9 Å². The molecule has 1 aliphatic rings. The quantitative estimate of drug-likeness (QED) is 0.901. The van der Waals surface area contributed by atoms with Gasteiger partial charge in [0.25, 0.3) is 5.91 Å². The summed E-state index contributed by atoms with van der Waals surface area (Å²) in [6.45, 7) is 9.12. The average Bonchev–Trinajstić information content (AvgIpc) is 3.07. The van der Waals surface area contributed by atoms with Crippen molar-refractivity contribution in [1.82, 2.24) is 20.1 Å². The van der Waals surface area contributed by atoms with Gasteiger partial charge in [-0.05, 0) is 20.9 Å². The van der Waals surface area contributed by atoms with Crippen LogP contribution in [-0.4, -0.2) is 66.5 Å². The van der Waals surface area contributed by atoms with Crippen LogP contribution < -0.4 is 5.32 Å². The zero-order valence-corrected chi connectivity index (χ0v) is 15.2. The van der Waals surface area contributed by atoms with Crippen LogP contribution in [0.1, 0.15) is 23.0 Å². The van der Waals surface area contributed by atoms with Crippen LogP contribution >= 0.6 is 0 Å². The van der Waals surface area contributed by atoms with E-state index in [4.69, 9.17) is 4.42 Å². The number of benzene rings is 1. The van der Waals surface area contributed by atoms with Crippen molar-refractivity contribution >= 4 is 5.91 Å². The van der Waals surface area contributed by atoms with E-state index in [1.165, 1.54) is 6.39 Å². The normalized spacial score (nSPS) is 17.4. The first kappa shape index (κ1) is 17.6. The van der Waals surface area contributed by atoms with Crippen molar-refractivity contribution in [1.29, 1.82) is 0 Å². The highest BCUT2D eigenvalue weighted by molar-refractivity contribution is 5.97. The van der Waals surface area contributed by atoms with E-state index in [0.717, 1.165) is 43.9 Å². The number of amides is 1. The van der Waals surface area contributed by atoms with Crippen LogP contribution in [0.5, 0.6) is 0 Å². The van der Waals surface area contributed by atoms with Gasteiger partial charge in [-0.15, -0.1) is 0 Å². The molecule has 0 radical (unpaired) electrons. The Hall–Kier alpha value is -2.18. The van der Waals surface area contributed by atoms with E-state index in [0.29, 0.717) is 11.5 Å². The molecule has 134 valence electrons. The summed E-state index contributed by atoms with van der Waals surface area (Å²) >= 11 is 0. The Morgan fingerprint density at radius 3 is 2.60 bits per heavy atom. The summed E-state index contributed by atoms with van der Waals surface area (Å²) in [7, 11) is 2.14. The predicted octanol–water partition coefficient (Wildman–Crippen LogP) is 2.02. The number of oxazole rings is 1. The molecule has 1 aliphatic heterocycles. The van der Waals surface area contributed by atoms with Gasteiger partial charge in [0.2, 0.25) is 0 Å². The zero-order valence-electron chi connectivity index (χ0n) is 15.2. The van der Waals surface area contributed by atoms with Gasteiger partial charge < -0.3 is 14.6 Å². The third kappa shape index (κ3) is 4.46. The second kappa shape index (κ2) is 7.80. The molecular weight excluding hydrogens is 316 g/mol. The van der Waals surface area contributed by atoms with E-state index in [-0.39, 0.29) is 11.9 Å². The van der Waals surface area contributed by atoms with Crippen LogP contribution in [0.3, 0.4) is 0 Å². The SMILES string of the molecule is Cc1ccc(-c2ocnc2C(=O)N[C@H](C)CN2CCN(C)CC2)cc1. The number of aromatic nitrogens is 1. The summed E-state index contributed by atoms with van der Waals surface area (Å²) in [5, 5.41) is 3.05. The summed E-state index contributed by atoms with van der Waals surface area (Å²) in [6, 6.07) is 7.93. The van der Waals surface area contributed by atoms with Gasteiger partial charge in [-0.25, -0.2) is 4.98 Å². The maximum Gasteiger partial charge on any atom is 0.274 e. The maximum atomic E-state index is 12.6. The predicted molar refractivity (Wildman–Crippen MR) is 97.5 cm³/mol. The lowest BCUT2D eigenvalue weighted by atomic mass is 10.1. The van der Waals surface area contributed by atoms with E-state index < -0.39 is 0 Å². The molecule has 3 rings (SSSR count). The van der Waals surface area contributed by atoms with Crippen molar-refractivity contribution in [2.24, 2.45) is 0 Å². The number of rotatable bonds is 5. The Bertz CT molecular complexity index is 702. The van der Waals surface area contributed by atoms with Crippen molar-refractivity contribution in [2.75, 3.05) is 39.8 Å². The number of nitrogens with one attached hydrogen (secondary N) is 1. The highest BCUT2D eigenvalue weighted by Gasteiger charge is 2.21. The summed E-state index contributed by atoms with van der Waals surface area (Å²) in [4.78, 5) is 21.4. The molecule has 6 heteroatoms. The first-order valence-electron chi connectivity index (χ1n) is 8.75. The van der Waals surface area contributed by atoms with E-state index in [1.807, 2.05) is 38.1 Å². The van der Waals surface area contributed by atoms with Gasteiger partial charge >= 0.3 is 0 Å². The third-order valence-electron chi connectivity index (χ3n) is 4.60. The van der Waals surface area contributed by atoms with Crippen LogP contribution in [-0.2, 0) is 0 Å². The molecule has 0 aliphatic carbocycles. The van der Waals surface area contributed by atoms with E-state index in [1.54, 1.807) is 0 Å². The Balaban J connectivity index is 1.62. The topological polar surface area (TPSA) is 61.6 Å². The number of hydrogen-bond acceptors (Lipinski definition) is 5. The van der Waals surface area contributed by atoms with Gasteiger partial charge in [0.15, 0.2) is 17.8 Å². The fourth-order valence-corrected chi connectivity index (χ4v) is 3.07. The molecule has 0 spiro atoms. The largest absolute Gasteiger partial charge is 0.443 e. The van der Waals surface area contributed by atoms with Gasteiger partial charge in [0.05, 0.1) is 0 Å². The lowest BCUT2D eigenvalue weighted by molar-refractivity contribution is 0.0910. The standard InChI is InChI=1S/C19H26N4O2/c1-14-4-6-16(7-5-14)18-17(20-13-25-18)19(24)21-15(2)12-23-10-8-22(3)9-11-23/h4-7,13,15H,8-12H2,1-3H3,(H,21,24)/t15-/m1/s1. The molecule has 0 saturated carbocycles. The Labute approximate surface area is 148 Å². The molecule has 1 atom stereocenters. The maximum absolute atomic E-state index is 12.6. The van der Waals surface area contributed by atoms with Crippen molar-refractivity contribution in [3.63, 3.8) is 0 Å². The minimum Gasteiger partial charge on any atom is -0.443 e. The number of aryl methyl sites for hydroxylation is 1. The smallest absolute Gasteiger partial charge is 0.274 e. The van der Waals surface area contributed by atoms with Gasteiger partial charge in [-0.2, -0.15) is 0 Å². The van der Waals surface area contributed by atoms with Crippen LogP contribution in [0.25, 0.3) is 11.3 Å². The molecule has 0 bridgehead atoms. The van der Waals surface area contributed by atoms with Gasteiger partial charge in [0.1, 0.15) is 0 Å². The number of piperazine rings is 1. The highest BCUT2D eigenvalue weighted by atomic mass is 16.3. The Morgan fingerprint density at radius 1 is 1.24 bits per heavy atom. The minimum atomic E-state index is -0.189. The van der Waals surface area contributed by atoms with E-state index in [2.05, 4.69) is 27.1 Å². The third-order valence-corrected chi connectivity index (χ3v) is 4.60. The highest BCUT2D eigenvalue weighted by Crippen LogP contribution is 2.23. The number of nitrogens with zero attached hydrogens (tertiary/aromatic N) is 3. The Morgan fingerprint density at radius 2 is 1.92 bits per heavy atom. The molecular formula is C19H26N4O2. The van der Waals surface area contributed by atoms with Crippen LogP contribution in [0.4, 0.5) is 0 Å². The van der Waals surface area contributed by atoms with Crippen LogP contribution in [0.15, 0.2) is 35.1 Å². The fourth-order valence-electron chi connectivity index (χ4n) is 3.07. The first-order valence-corrected chi connectivity index (χ1v) is 8.75. The molecule has 0 unspecified atom stereocenters. The first-order chi connectivity index (χ1) is 12.0. The molecule has 2 aromatic rings. The summed E-state index contributed by atoms with van der Waals surface area (Å²) in [5.74, 6) is 0.329. The van der Waals surface area contributed by atoms with Crippen LogP contribution in [0.2, 0.25) is 0 Å². The van der Waals surface area contributed by atoms with Crippen molar-refractivity contribution in [3.05, 3.63) is 41.9 Å². The molecule has 25 heavy (non-hydrogen) atoms. The molecule has 1 saturated heterocycles. The average molecular weight is 342 g/mol. The number of carbonyl (C=O) groups excluding carboxylic acids is 1. The minimum absolute atomic E-state index is 0.0541. The van der Waals surface area contributed by atoms with Gasteiger partial charge in [-0.1, -0.05) is 29.8 Å². The zero-order chi connectivity index (χ0) is 17.8. The molecule has 1 N–H and O–H groups in total. The van der Waals surface area contributed by atoms with E-state index in [9.17, 15) is 4.79 Å². The summed E-state index contributed by atoms with van der Waals surface area (Å²) in [5.41, 5.74) is 2.36. The van der Waals surface area contributed by atoms with Gasteiger partial charge in [0, 0.05) is 44.3 Å². The second-order valence-corrected chi connectivity index (χ2v) is 6.87. The van der Waals surface area contributed by atoms with Gasteiger partial charge in [-0.3, -0.25) is 9.69 Å². The lowest BCUT2D eigenvalue weighted by Crippen LogP contribution is -2.49. The van der Waals surface area contributed by atoms with E-state index >= 15 is 0 Å². The fraction of sp³-hybridized carbons (Fsp3) is 0.474. The monoisotopic (exact) mass is 342 g/mol. The molecule has 1 fully saturated rings. The molecule has 1 aromatic heterocycles. The molecule has 6 nitrogen and oxygen atoms in total. The number of carbonyl (C=O) groups is 1. The molecule has 1 amide bonds. The molecule has 1 aromatic carbocycles. The summed E-state index contributed by atoms with van der Waals surface area (Å²) in [6.07, 6.45) is 1.33. The summed E-state index contributed by atoms with van der Waals surface area (Å²) < 4.78 is 5.47. The lowest BCUT2D eigenvalue weighted by Gasteiger charge is -2.33. The van der Waals surface area contributed by atoms with Crippen LogP contribution in [0, 0.1) is 6.92 Å². The Kier molecular flexibility index (Phi) is 5.50. The molecule has 2 heterocycles. The van der Waals surface area contributed by atoms with Crippen molar-refractivity contribution in [3.8, 4) is 11.3 Å². The number of likely N-dealkylation sites (N-methyl/N-ethyl adjacent to an activating group) is 1.